The molecule has 0 radical (unpaired) electrons. The fourth-order valence-electron chi connectivity index (χ4n) is 3.24. The molecule has 1 fully saturated rings. The number of carbonyl (C=O) groups is 1. The van der Waals surface area contributed by atoms with Gasteiger partial charge in [-0.05, 0) is 55.7 Å². The summed E-state index contributed by atoms with van der Waals surface area (Å²) >= 11 is 6.41. The molecule has 1 heterocycles. The predicted octanol–water partition coefficient (Wildman–Crippen LogP) is 4.43. The summed E-state index contributed by atoms with van der Waals surface area (Å²) in [6.07, 6.45) is 1.22. The van der Waals surface area contributed by atoms with Crippen LogP contribution in [-0.4, -0.2) is 25.7 Å². The maximum atomic E-state index is 13.2. The van der Waals surface area contributed by atoms with Crippen LogP contribution in [0, 0.1) is 0 Å². The van der Waals surface area contributed by atoms with E-state index in [4.69, 9.17) is 21.1 Å². The van der Waals surface area contributed by atoms with Crippen LogP contribution in [0.25, 0.3) is 0 Å². The molecule has 0 unspecified atom stereocenters. The number of ether oxygens (including phenoxy) is 2. The Bertz CT molecular complexity index is 724. The van der Waals surface area contributed by atoms with Gasteiger partial charge in [-0.25, -0.2) is 0 Å². The van der Waals surface area contributed by atoms with Crippen LogP contribution in [0.1, 0.15) is 25.3 Å². The number of benzene rings is 2. The van der Waals surface area contributed by atoms with E-state index in [0.29, 0.717) is 37.7 Å². The van der Waals surface area contributed by atoms with Crippen molar-refractivity contribution >= 4 is 23.2 Å². The number of carbonyl (C=O) groups excluding carboxylic acids is 1. The molecule has 1 aliphatic heterocycles. The molecule has 4 nitrogen and oxygen atoms in total. The molecule has 0 spiro atoms. The van der Waals surface area contributed by atoms with Crippen LogP contribution in [0.15, 0.2) is 48.5 Å². The van der Waals surface area contributed by atoms with Crippen LogP contribution in [0.2, 0.25) is 5.02 Å². The monoisotopic (exact) mass is 359 g/mol. The van der Waals surface area contributed by atoms with Gasteiger partial charge in [-0.2, -0.15) is 0 Å². The van der Waals surface area contributed by atoms with Gasteiger partial charge in [-0.1, -0.05) is 29.8 Å². The van der Waals surface area contributed by atoms with Crippen LogP contribution in [-0.2, 0) is 14.9 Å². The molecular formula is C20H22ClNO3. The fraction of sp³-hybridized carbons (Fsp3) is 0.350. The van der Waals surface area contributed by atoms with Gasteiger partial charge in [0.1, 0.15) is 5.75 Å². The second kappa shape index (κ2) is 7.89. The highest BCUT2D eigenvalue weighted by atomic mass is 35.5. The largest absolute Gasteiger partial charge is 0.494 e. The molecule has 0 saturated carbocycles. The molecule has 0 aromatic heterocycles. The van der Waals surface area contributed by atoms with Gasteiger partial charge in [0, 0.05) is 23.9 Å². The number of hydrogen-bond acceptors (Lipinski definition) is 3. The van der Waals surface area contributed by atoms with Crippen molar-refractivity contribution in [3.05, 3.63) is 59.1 Å². The number of hydrogen-bond donors (Lipinski definition) is 1. The van der Waals surface area contributed by atoms with Crippen LogP contribution in [0.4, 0.5) is 5.69 Å². The minimum Gasteiger partial charge on any atom is -0.494 e. The maximum Gasteiger partial charge on any atom is 0.235 e. The molecule has 0 bridgehead atoms. The second-order valence-electron chi connectivity index (χ2n) is 6.09. The van der Waals surface area contributed by atoms with Gasteiger partial charge in [-0.15, -0.1) is 0 Å². The molecule has 132 valence electrons. The average molecular weight is 360 g/mol. The Kier molecular flexibility index (Phi) is 5.61. The van der Waals surface area contributed by atoms with E-state index >= 15 is 0 Å². The van der Waals surface area contributed by atoms with Crippen LogP contribution < -0.4 is 10.1 Å². The highest BCUT2D eigenvalue weighted by molar-refractivity contribution is 6.31. The van der Waals surface area contributed by atoms with Crippen LogP contribution in [0.3, 0.4) is 0 Å². The standard InChI is InChI=1S/C20H22ClNO3/c1-2-25-16-9-7-15(8-10-16)22-19(23)20(11-13-24-14-12-20)17-5-3-4-6-18(17)21/h3-10H,2,11-14H2,1H3,(H,22,23). The summed E-state index contributed by atoms with van der Waals surface area (Å²) in [6.45, 7) is 3.64. The third-order valence-electron chi connectivity index (χ3n) is 4.59. The number of amides is 1. The normalized spacial score (nSPS) is 16.2. The van der Waals surface area contributed by atoms with Gasteiger partial charge in [0.15, 0.2) is 0 Å². The SMILES string of the molecule is CCOc1ccc(NC(=O)C2(c3ccccc3Cl)CCOCC2)cc1. The lowest BCUT2D eigenvalue weighted by atomic mass is 9.73. The van der Waals surface area contributed by atoms with E-state index in [-0.39, 0.29) is 5.91 Å². The zero-order chi connectivity index (χ0) is 17.7. The van der Waals surface area contributed by atoms with Crippen molar-refractivity contribution in [3.8, 4) is 5.75 Å². The van der Waals surface area contributed by atoms with E-state index < -0.39 is 5.41 Å². The Labute approximate surface area is 153 Å². The summed E-state index contributed by atoms with van der Waals surface area (Å²) in [4.78, 5) is 13.2. The maximum absolute atomic E-state index is 13.2. The molecule has 1 amide bonds. The van der Waals surface area contributed by atoms with Gasteiger partial charge in [0.2, 0.25) is 5.91 Å². The number of anilines is 1. The topological polar surface area (TPSA) is 47.6 Å². The van der Waals surface area contributed by atoms with Gasteiger partial charge < -0.3 is 14.8 Å². The summed E-state index contributed by atoms with van der Waals surface area (Å²) in [5.41, 5.74) is 0.935. The molecule has 25 heavy (non-hydrogen) atoms. The van der Waals surface area contributed by atoms with Gasteiger partial charge in [0.05, 0.1) is 12.0 Å². The predicted molar refractivity (Wildman–Crippen MR) is 99.4 cm³/mol. The molecule has 1 saturated heterocycles. The molecule has 1 N–H and O–H groups in total. The molecule has 3 rings (SSSR count). The van der Waals surface area contributed by atoms with Crippen LogP contribution >= 0.6 is 11.6 Å². The molecule has 0 atom stereocenters. The van der Waals surface area contributed by atoms with Gasteiger partial charge in [-0.3, -0.25) is 4.79 Å². The third-order valence-corrected chi connectivity index (χ3v) is 4.92. The van der Waals surface area contributed by atoms with Gasteiger partial charge in [0.25, 0.3) is 0 Å². The van der Waals surface area contributed by atoms with E-state index in [1.54, 1.807) is 0 Å². The summed E-state index contributed by atoms with van der Waals surface area (Å²) in [7, 11) is 0. The molecule has 2 aromatic carbocycles. The Morgan fingerprint density at radius 2 is 1.84 bits per heavy atom. The highest BCUT2D eigenvalue weighted by Crippen LogP contribution is 2.39. The van der Waals surface area contributed by atoms with Crippen molar-refractivity contribution in [2.24, 2.45) is 0 Å². The molecule has 5 heteroatoms. The molecule has 1 aliphatic rings. The summed E-state index contributed by atoms with van der Waals surface area (Å²) < 4.78 is 10.9. The zero-order valence-electron chi connectivity index (χ0n) is 14.3. The minimum absolute atomic E-state index is 0.0481. The van der Waals surface area contributed by atoms with E-state index in [1.807, 2.05) is 55.5 Å². The van der Waals surface area contributed by atoms with Crippen molar-refractivity contribution < 1.29 is 14.3 Å². The van der Waals surface area contributed by atoms with Crippen molar-refractivity contribution in [3.63, 3.8) is 0 Å². The lowest BCUT2D eigenvalue weighted by Crippen LogP contribution is -2.45. The summed E-state index contributed by atoms with van der Waals surface area (Å²) in [5.74, 6) is 0.737. The first-order valence-corrected chi connectivity index (χ1v) is 8.90. The Balaban J connectivity index is 1.86. The fourth-order valence-corrected chi connectivity index (χ4v) is 3.56. The van der Waals surface area contributed by atoms with Crippen molar-refractivity contribution in [1.29, 1.82) is 0 Å². The Hall–Kier alpha value is -2.04. The van der Waals surface area contributed by atoms with Crippen LogP contribution in [0.5, 0.6) is 5.75 Å². The Morgan fingerprint density at radius 1 is 1.16 bits per heavy atom. The lowest BCUT2D eigenvalue weighted by molar-refractivity contribution is -0.125. The van der Waals surface area contributed by atoms with Gasteiger partial charge >= 0.3 is 0 Å². The van der Waals surface area contributed by atoms with Crippen molar-refractivity contribution in [2.75, 3.05) is 25.1 Å². The van der Waals surface area contributed by atoms with E-state index in [0.717, 1.165) is 17.0 Å². The first-order valence-electron chi connectivity index (χ1n) is 8.53. The second-order valence-corrected chi connectivity index (χ2v) is 6.49. The van der Waals surface area contributed by atoms with Crippen molar-refractivity contribution in [1.82, 2.24) is 0 Å². The number of rotatable bonds is 5. The third kappa shape index (κ3) is 3.80. The first kappa shape index (κ1) is 17.8. The summed E-state index contributed by atoms with van der Waals surface area (Å²) in [5, 5.41) is 3.66. The quantitative estimate of drug-likeness (QED) is 0.859. The molecule has 0 aliphatic carbocycles. The smallest absolute Gasteiger partial charge is 0.235 e. The minimum atomic E-state index is -0.671. The number of nitrogens with one attached hydrogen (secondary N) is 1. The van der Waals surface area contributed by atoms with E-state index in [1.165, 1.54) is 0 Å². The first-order chi connectivity index (χ1) is 12.2. The number of halogens is 1. The highest BCUT2D eigenvalue weighted by Gasteiger charge is 2.43. The summed E-state index contributed by atoms with van der Waals surface area (Å²) in [6, 6.07) is 15.0. The molecular weight excluding hydrogens is 338 g/mol. The van der Waals surface area contributed by atoms with Crippen molar-refractivity contribution in [2.45, 2.75) is 25.2 Å². The molecule has 2 aromatic rings. The Morgan fingerprint density at radius 3 is 2.48 bits per heavy atom. The zero-order valence-corrected chi connectivity index (χ0v) is 15.0. The lowest BCUT2D eigenvalue weighted by Gasteiger charge is -2.36. The van der Waals surface area contributed by atoms with E-state index in [2.05, 4.69) is 5.32 Å². The van der Waals surface area contributed by atoms with E-state index in [9.17, 15) is 4.79 Å². The average Bonchev–Trinajstić information content (AvgIpc) is 2.64.